The number of anilines is 1. The monoisotopic (exact) mass is 231 g/mol. The van der Waals surface area contributed by atoms with Crippen molar-refractivity contribution in [3.63, 3.8) is 0 Å². The van der Waals surface area contributed by atoms with E-state index in [1.54, 1.807) is 10.9 Å². The van der Waals surface area contributed by atoms with Crippen LogP contribution in [0.15, 0.2) is 12.3 Å². The molecule has 2 aromatic heterocycles. The van der Waals surface area contributed by atoms with Gasteiger partial charge in [0.25, 0.3) is 0 Å². The van der Waals surface area contributed by atoms with Crippen LogP contribution in [0.4, 0.5) is 5.82 Å². The number of hydrogen-bond donors (Lipinski definition) is 1. The predicted molar refractivity (Wildman–Crippen MR) is 67.9 cm³/mol. The Kier molecular flexibility index (Phi) is 3.08. The first-order valence-electron chi connectivity index (χ1n) is 5.71. The summed E-state index contributed by atoms with van der Waals surface area (Å²) in [4.78, 5) is 9.05. The lowest BCUT2D eigenvalue weighted by Crippen LogP contribution is -2.07. The molecule has 90 valence electrons. The second-order valence-corrected chi connectivity index (χ2v) is 3.98. The molecule has 0 unspecified atom stereocenters. The number of aromatic nitrogens is 4. The van der Waals surface area contributed by atoms with Gasteiger partial charge < -0.3 is 5.32 Å². The molecule has 0 fully saturated rings. The first-order valence-corrected chi connectivity index (χ1v) is 5.71. The van der Waals surface area contributed by atoms with Gasteiger partial charge in [-0.3, -0.25) is 4.68 Å². The number of hydrogen-bond acceptors (Lipinski definition) is 4. The third-order valence-corrected chi connectivity index (χ3v) is 2.78. The van der Waals surface area contributed by atoms with Crippen molar-refractivity contribution in [1.82, 2.24) is 19.7 Å². The van der Waals surface area contributed by atoms with Gasteiger partial charge in [0.1, 0.15) is 11.5 Å². The number of nitrogens with one attached hydrogen (secondary N) is 1. The molecule has 0 saturated heterocycles. The van der Waals surface area contributed by atoms with E-state index in [-0.39, 0.29) is 0 Å². The maximum absolute atomic E-state index is 4.54. The molecule has 0 aliphatic heterocycles. The highest BCUT2D eigenvalue weighted by Crippen LogP contribution is 2.20. The molecule has 2 heterocycles. The maximum Gasteiger partial charge on any atom is 0.180 e. The van der Waals surface area contributed by atoms with Gasteiger partial charge in [-0.1, -0.05) is 0 Å². The lowest BCUT2D eigenvalue weighted by atomic mass is 10.2. The highest BCUT2D eigenvalue weighted by atomic mass is 15.3. The molecular formula is C12H17N5. The van der Waals surface area contributed by atoms with Gasteiger partial charge >= 0.3 is 0 Å². The van der Waals surface area contributed by atoms with Crippen LogP contribution >= 0.6 is 0 Å². The Labute approximate surface area is 101 Å². The van der Waals surface area contributed by atoms with Crippen LogP contribution in [0.3, 0.4) is 0 Å². The van der Waals surface area contributed by atoms with Crippen LogP contribution in [0, 0.1) is 13.8 Å². The van der Waals surface area contributed by atoms with Gasteiger partial charge in [-0.2, -0.15) is 5.10 Å². The van der Waals surface area contributed by atoms with E-state index in [1.807, 2.05) is 27.0 Å². The summed E-state index contributed by atoms with van der Waals surface area (Å²) in [6.45, 7) is 6.93. The molecule has 5 nitrogen and oxygen atoms in total. The molecule has 0 aliphatic carbocycles. The first kappa shape index (κ1) is 11.6. The SMILES string of the molecule is CCNc1nc(-c2ccnn2C)nc(C)c1C. The average Bonchev–Trinajstić information content (AvgIpc) is 2.71. The second kappa shape index (κ2) is 4.53. The molecular weight excluding hydrogens is 214 g/mol. The minimum absolute atomic E-state index is 0.712. The number of aryl methyl sites for hydroxylation is 2. The summed E-state index contributed by atoms with van der Waals surface area (Å²) in [6, 6.07) is 1.92. The van der Waals surface area contributed by atoms with E-state index in [0.29, 0.717) is 5.82 Å². The summed E-state index contributed by atoms with van der Waals surface area (Å²) in [5.41, 5.74) is 3.01. The summed E-state index contributed by atoms with van der Waals surface area (Å²) in [7, 11) is 1.89. The molecule has 0 saturated carbocycles. The molecule has 0 atom stereocenters. The van der Waals surface area contributed by atoms with E-state index in [9.17, 15) is 0 Å². The Morgan fingerprint density at radius 1 is 1.29 bits per heavy atom. The first-order chi connectivity index (χ1) is 8.13. The average molecular weight is 231 g/mol. The normalized spacial score (nSPS) is 10.6. The third kappa shape index (κ3) is 2.13. The van der Waals surface area contributed by atoms with Crippen LogP contribution in [-0.4, -0.2) is 26.3 Å². The van der Waals surface area contributed by atoms with Crippen LogP contribution < -0.4 is 5.32 Å². The van der Waals surface area contributed by atoms with Gasteiger partial charge in [-0.05, 0) is 26.8 Å². The Balaban J connectivity index is 2.53. The predicted octanol–water partition coefficient (Wildman–Crippen LogP) is 1.93. The molecule has 1 N–H and O–H groups in total. The summed E-state index contributed by atoms with van der Waals surface area (Å²) < 4.78 is 1.78. The Morgan fingerprint density at radius 3 is 2.65 bits per heavy atom. The van der Waals surface area contributed by atoms with E-state index in [2.05, 4.69) is 27.3 Å². The molecule has 0 bridgehead atoms. The van der Waals surface area contributed by atoms with E-state index in [4.69, 9.17) is 0 Å². The highest BCUT2D eigenvalue weighted by Gasteiger charge is 2.11. The van der Waals surface area contributed by atoms with Crippen LogP contribution in [0.1, 0.15) is 18.2 Å². The van der Waals surface area contributed by atoms with Gasteiger partial charge in [0.2, 0.25) is 0 Å². The molecule has 0 spiro atoms. The third-order valence-electron chi connectivity index (χ3n) is 2.78. The molecule has 0 aliphatic rings. The van der Waals surface area contributed by atoms with E-state index in [0.717, 1.165) is 29.3 Å². The lowest BCUT2D eigenvalue weighted by Gasteiger charge is -2.11. The maximum atomic E-state index is 4.54. The fourth-order valence-electron chi connectivity index (χ4n) is 1.68. The van der Waals surface area contributed by atoms with Crippen LogP contribution in [0.5, 0.6) is 0 Å². The van der Waals surface area contributed by atoms with E-state index >= 15 is 0 Å². The molecule has 17 heavy (non-hydrogen) atoms. The zero-order valence-electron chi connectivity index (χ0n) is 10.7. The molecule has 2 rings (SSSR count). The summed E-state index contributed by atoms with van der Waals surface area (Å²) in [5, 5.41) is 7.39. The highest BCUT2D eigenvalue weighted by molar-refractivity contribution is 5.56. The summed E-state index contributed by atoms with van der Waals surface area (Å²) in [6.07, 6.45) is 1.75. The molecule has 5 heteroatoms. The van der Waals surface area contributed by atoms with Crippen molar-refractivity contribution in [2.24, 2.45) is 7.05 Å². The van der Waals surface area contributed by atoms with Crippen molar-refractivity contribution in [3.8, 4) is 11.5 Å². The smallest absolute Gasteiger partial charge is 0.180 e. The molecule has 0 aromatic carbocycles. The van der Waals surface area contributed by atoms with E-state index < -0.39 is 0 Å². The van der Waals surface area contributed by atoms with Crippen molar-refractivity contribution in [1.29, 1.82) is 0 Å². The quantitative estimate of drug-likeness (QED) is 0.877. The van der Waals surface area contributed by atoms with Crippen molar-refractivity contribution in [2.75, 3.05) is 11.9 Å². The van der Waals surface area contributed by atoms with Crippen molar-refractivity contribution in [3.05, 3.63) is 23.5 Å². The van der Waals surface area contributed by atoms with Gasteiger partial charge in [-0.25, -0.2) is 9.97 Å². The minimum atomic E-state index is 0.712. The molecule has 0 amide bonds. The number of nitrogens with zero attached hydrogens (tertiary/aromatic N) is 4. The Bertz CT molecular complexity index is 530. The lowest BCUT2D eigenvalue weighted by molar-refractivity contribution is 0.769. The van der Waals surface area contributed by atoms with Gasteiger partial charge in [0, 0.05) is 31.0 Å². The van der Waals surface area contributed by atoms with Crippen LogP contribution in [0.2, 0.25) is 0 Å². The second-order valence-electron chi connectivity index (χ2n) is 3.98. The fourth-order valence-corrected chi connectivity index (χ4v) is 1.68. The number of rotatable bonds is 3. The largest absolute Gasteiger partial charge is 0.370 e. The van der Waals surface area contributed by atoms with Gasteiger partial charge in [-0.15, -0.1) is 0 Å². The topological polar surface area (TPSA) is 55.6 Å². The van der Waals surface area contributed by atoms with Crippen molar-refractivity contribution < 1.29 is 0 Å². The standard InChI is InChI=1S/C12H17N5/c1-5-13-11-8(2)9(3)15-12(16-11)10-6-7-14-17(10)4/h6-7H,5H2,1-4H3,(H,13,15,16). The van der Waals surface area contributed by atoms with Crippen LogP contribution in [-0.2, 0) is 7.05 Å². The minimum Gasteiger partial charge on any atom is -0.370 e. The fraction of sp³-hybridized carbons (Fsp3) is 0.417. The van der Waals surface area contributed by atoms with Crippen LogP contribution in [0.25, 0.3) is 11.5 Å². The molecule has 2 aromatic rings. The zero-order valence-corrected chi connectivity index (χ0v) is 10.7. The van der Waals surface area contributed by atoms with Gasteiger partial charge in [0.05, 0.1) is 0 Å². The summed E-state index contributed by atoms with van der Waals surface area (Å²) in [5.74, 6) is 1.61. The van der Waals surface area contributed by atoms with E-state index in [1.165, 1.54) is 0 Å². The Hall–Kier alpha value is -1.91. The summed E-state index contributed by atoms with van der Waals surface area (Å²) >= 11 is 0. The van der Waals surface area contributed by atoms with Gasteiger partial charge in [0.15, 0.2) is 5.82 Å². The van der Waals surface area contributed by atoms with Crippen molar-refractivity contribution in [2.45, 2.75) is 20.8 Å². The zero-order chi connectivity index (χ0) is 12.4. The van der Waals surface area contributed by atoms with Crippen molar-refractivity contribution >= 4 is 5.82 Å². The molecule has 0 radical (unpaired) electrons. The Morgan fingerprint density at radius 2 is 2.06 bits per heavy atom.